The maximum Gasteiger partial charge on any atom is 0.358 e. The standard InChI is InChI=1S/C15H18N4O4/c1-2-10-5-6-13(23-10)12-4-3-7-19(12)14(20)9-18-8-11(15(21)22)16-17-18/h5-6,8,12H,2-4,7,9H2,1H3,(H,21,22). The number of carbonyl (C=O) groups is 2. The maximum atomic E-state index is 12.5. The van der Waals surface area contributed by atoms with Gasteiger partial charge in [-0.1, -0.05) is 12.1 Å². The minimum absolute atomic E-state index is 0.0296. The SMILES string of the molecule is CCc1ccc(C2CCCN2C(=O)Cn2cc(C(=O)O)nn2)o1. The summed E-state index contributed by atoms with van der Waals surface area (Å²) in [5, 5.41) is 16.0. The number of carbonyl (C=O) groups excluding carboxylic acids is 1. The highest BCUT2D eigenvalue weighted by atomic mass is 16.4. The van der Waals surface area contributed by atoms with E-state index < -0.39 is 5.97 Å². The summed E-state index contributed by atoms with van der Waals surface area (Å²) in [4.78, 5) is 25.1. The van der Waals surface area contributed by atoms with Crippen LogP contribution in [0.2, 0.25) is 0 Å². The Kier molecular flexibility index (Phi) is 4.14. The molecule has 0 bridgehead atoms. The van der Waals surface area contributed by atoms with E-state index in [1.165, 1.54) is 10.9 Å². The van der Waals surface area contributed by atoms with Gasteiger partial charge in [-0.2, -0.15) is 0 Å². The van der Waals surface area contributed by atoms with Crippen LogP contribution in [0.3, 0.4) is 0 Å². The van der Waals surface area contributed by atoms with Crippen molar-refractivity contribution < 1.29 is 19.1 Å². The molecule has 3 rings (SSSR count). The molecule has 122 valence electrons. The van der Waals surface area contributed by atoms with Crippen molar-refractivity contribution in [2.75, 3.05) is 6.54 Å². The third kappa shape index (κ3) is 3.10. The van der Waals surface area contributed by atoms with Gasteiger partial charge in [-0.15, -0.1) is 5.10 Å². The van der Waals surface area contributed by atoms with Crippen molar-refractivity contribution in [3.05, 3.63) is 35.5 Å². The summed E-state index contributed by atoms with van der Waals surface area (Å²) < 4.78 is 7.03. The topological polar surface area (TPSA) is 101 Å². The van der Waals surface area contributed by atoms with Crippen molar-refractivity contribution >= 4 is 11.9 Å². The first kappa shape index (κ1) is 15.3. The maximum absolute atomic E-state index is 12.5. The third-order valence-electron chi connectivity index (χ3n) is 3.99. The largest absolute Gasteiger partial charge is 0.476 e. The smallest absolute Gasteiger partial charge is 0.358 e. The molecule has 1 N–H and O–H groups in total. The number of aromatic nitrogens is 3. The second kappa shape index (κ2) is 6.23. The number of carboxylic acids is 1. The fourth-order valence-corrected chi connectivity index (χ4v) is 2.83. The summed E-state index contributed by atoms with van der Waals surface area (Å²) in [7, 11) is 0. The fourth-order valence-electron chi connectivity index (χ4n) is 2.83. The van der Waals surface area contributed by atoms with Crippen molar-refractivity contribution in [2.24, 2.45) is 0 Å². The number of aryl methyl sites for hydroxylation is 1. The Labute approximate surface area is 132 Å². The van der Waals surface area contributed by atoms with Crippen molar-refractivity contribution in [1.82, 2.24) is 19.9 Å². The second-order valence-electron chi connectivity index (χ2n) is 5.51. The average molecular weight is 318 g/mol. The van der Waals surface area contributed by atoms with Crippen LogP contribution in [0.4, 0.5) is 0 Å². The predicted octanol–water partition coefficient (Wildman–Crippen LogP) is 1.50. The van der Waals surface area contributed by atoms with E-state index in [1.807, 2.05) is 19.1 Å². The molecular weight excluding hydrogens is 300 g/mol. The number of aromatic carboxylic acids is 1. The lowest BCUT2D eigenvalue weighted by Crippen LogP contribution is -2.33. The Bertz CT molecular complexity index is 721. The molecule has 1 atom stereocenters. The van der Waals surface area contributed by atoms with Gasteiger partial charge in [0.2, 0.25) is 5.91 Å². The van der Waals surface area contributed by atoms with Gasteiger partial charge in [-0.25, -0.2) is 9.48 Å². The molecule has 0 spiro atoms. The van der Waals surface area contributed by atoms with Gasteiger partial charge < -0.3 is 14.4 Å². The van der Waals surface area contributed by atoms with Crippen molar-refractivity contribution in [2.45, 2.75) is 38.8 Å². The predicted molar refractivity (Wildman–Crippen MR) is 78.8 cm³/mol. The quantitative estimate of drug-likeness (QED) is 0.896. The normalized spacial score (nSPS) is 17.6. The minimum Gasteiger partial charge on any atom is -0.476 e. The van der Waals surface area contributed by atoms with E-state index in [-0.39, 0.29) is 24.2 Å². The molecule has 1 unspecified atom stereocenters. The Morgan fingerprint density at radius 3 is 2.91 bits per heavy atom. The van der Waals surface area contributed by atoms with Gasteiger partial charge in [-0.05, 0) is 25.0 Å². The molecule has 1 aliphatic rings. The van der Waals surface area contributed by atoms with Gasteiger partial charge in [0.1, 0.15) is 18.1 Å². The Balaban J connectivity index is 1.71. The highest BCUT2D eigenvalue weighted by molar-refractivity contribution is 5.84. The fraction of sp³-hybridized carbons (Fsp3) is 0.467. The summed E-state index contributed by atoms with van der Waals surface area (Å²) in [5.74, 6) is 0.424. The zero-order valence-electron chi connectivity index (χ0n) is 12.8. The summed E-state index contributed by atoms with van der Waals surface area (Å²) in [6.45, 7) is 2.65. The van der Waals surface area contributed by atoms with Gasteiger partial charge in [0, 0.05) is 13.0 Å². The van der Waals surface area contributed by atoms with Gasteiger partial charge >= 0.3 is 5.97 Å². The van der Waals surface area contributed by atoms with Crippen LogP contribution in [0.15, 0.2) is 22.7 Å². The van der Waals surface area contributed by atoms with E-state index in [0.717, 1.165) is 30.8 Å². The van der Waals surface area contributed by atoms with Crippen LogP contribution in [-0.2, 0) is 17.8 Å². The van der Waals surface area contributed by atoms with Crippen LogP contribution in [0.25, 0.3) is 0 Å². The molecule has 8 nitrogen and oxygen atoms in total. The molecule has 0 saturated carbocycles. The zero-order valence-corrected chi connectivity index (χ0v) is 12.8. The van der Waals surface area contributed by atoms with Gasteiger partial charge in [0.05, 0.1) is 12.2 Å². The van der Waals surface area contributed by atoms with E-state index in [9.17, 15) is 9.59 Å². The van der Waals surface area contributed by atoms with Crippen LogP contribution in [0.5, 0.6) is 0 Å². The van der Waals surface area contributed by atoms with E-state index in [4.69, 9.17) is 9.52 Å². The average Bonchev–Trinajstić information content (AvgIpc) is 3.26. The third-order valence-corrected chi connectivity index (χ3v) is 3.99. The second-order valence-corrected chi connectivity index (χ2v) is 5.51. The Morgan fingerprint density at radius 2 is 2.26 bits per heavy atom. The molecule has 0 aromatic carbocycles. The van der Waals surface area contributed by atoms with Crippen LogP contribution in [0, 0.1) is 0 Å². The van der Waals surface area contributed by atoms with Crippen molar-refractivity contribution in [1.29, 1.82) is 0 Å². The molecule has 1 saturated heterocycles. The number of likely N-dealkylation sites (tertiary alicyclic amines) is 1. The van der Waals surface area contributed by atoms with E-state index >= 15 is 0 Å². The summed E-state index contributed by atoms with van der Waals surface area (Å²) in [6, 6.07) is 3.80. The molecule has 23 heavy (non-hydrogen) atoms. The van der Waals surface area contributed by atoms with Gasteiger partial charge in [0.25, 0.3) is 0 Å². The number of hydrogen-bond acceptors (Lipinski definition) is 5. The number of furan rings is 1. The zero-order chi connectivity index (χ0) is 16.4. The molecule has 1 amide bonds. The number of amides is 1. The van der Waals surface area contributed by atoms with E-state index in [2.05, 4.69) is 10.3 Å². The first-order valence-corrected chi connectivity index (χ1v) is 7.60. The first-order valence-electron chi connectivity index (χ1n) is 7.60. The summed E-state index contributed by atoms with van der Waals surface area (Å²) >= 11 is 0. The van der Waals surface area contributed by atoms with Crippen LogP contribution in [0.1, 0.15) is 47.8 Å². The monoisotopic (exact) mass is 318 g/mol. The first-order chi connectivity index (χ1) is 11.1. The van der Waals surface area contributed by atoms with Crippen LogP contribution < -0.4 is 0 Å². The molecule has 2 aromatic rings. The molecule has 3 heterocycles. The van der Waals surface area contributed by atoms with E-state index in [0.29, 0.717) is 6.54 Å². The molecule has 2 aromatic heterocycles. The number of carboxylic acid groups (broad SMARTS) is 1. The lowest BCUT2D eigenvalue weighted by molar-refractivity contribution is -0.133. The molecule has 0 radical (unpaired) electrons. The molecule has 1 aliphatic heterocycles. The Morgan fingerprint density at radius 1 is 1.43 bits per heavy atom. The van der Waals surface area contributed by atoms with Gasteiger partial charge in [-0.3, -0.25) is 4.79 Å². The molecule has 1 fully saturated rings. The van der Waals surface area contributed by atoms with Crippen molar-refractivity contribution in [3.63, 3.8) is 0 Å². The molecule has 0 aliphatic carbocycles. The minimum atomic E-state index is -1.16. The summed E-state index contributed by atoms with van der Waals surface area (Å²) in [5.41, 5.74) is -0.172. The molecule has 8 heteroatoms. The summed E-state index contributed by atoms with van der Waals surface area (Å²) in [6.07, 6.45) is 3.85. The number of nitrogens with zero attached hydrogens (tertiary/aromatic N) is 4. The lowest BCUT2D eigenvalue weighted by atomic mass is 10.1. The highest BCUT2D eigenvalue weighted by Gasteiger charge is 2.32. The Hall–Kier alpha value is -2.64. The lowest BCUT2D eigenvalue weighted by Gasteiger charge is -2.23. The molecular formula is C15H18N4O4. The number of hydrogen-bond donors (Lipinski definition) is 1. The van der Waals surface area contributed by atoms with Crippen molar-refractivity contribution in [3.8, 4) is 0 Å². The van der Waals surface area contributed by atoms with E-state index in [1.54, 1.807) is 4.90 Å². The van der Waals surface area contributed by atoms with Crippen LogP contribution >= 0.6 is 0 Å². The number of rotatable bonds is 5. The van der Waals surface area contributed by atoms with Crippen LogP contribution in [-0.4, -0.2) is 43.4 Å². The van der Waals surface area contributed by atoms with Gasteiger partial charge in [0.15, 0.2) is 5.69 Å². The highest BCUT2D eigenvalue weighted by Crippen LogP contribution is 2.33.